The van der Waals surface area contributed by atoms with Crippen LogP contribution in [0.15, 0.2) is 0 Å². The Morgan fingerprint density at radius 2 is 1.75 bits per heavy atom. The van der Waals surface area contributed by atoms with Crippen LogP contribution >= 0.6 is 0 Å². The fourth-order valence-electron chi connectivity index (χ4n) is 1.85. The Kier molecular flexibility index (Phi) is 6.78. The van der Waals surface area contributed by atoms with Crippen molar-refractivity contribution >= 4 is 18.0 Å². The van der Waals surface area contributed by atoms with Gasteiger partial charge in [0, 0.05) is 32.7 Å². The number of piperazine rings is 1. The topological polar surface area (TPSA) is 96.4 Å². The third-order valence-corrected chi connectivity index (χ3v) is 3.02. The number of aliphatic carboxylic acids is 1. The van der Waals surface area contributed by atoms with Crippen molar-refractivity contribution < 1.29 is 29.0 Å². The maximum Gasteiger partial charge on any atom is 0.409 e. The summed E-state index contributed by atoms with van der Waals surface area (Å²) in [4.78, 5) is 36.4. The van der Waals surface area contributed by atoms with Crippen LogP contribution in [-0.4, -0.2) is 79.4 Å². The lowest BCUT2D eigenvalue weighted by atomic mass is 10.3. The van der Waals surface area contributed by atoms with Crippen LogP contribution in [0.25, 0.3) is 0 Å². The standard InChI is InChI=1S/C12H20N2O6/c1-19-12(18)14-6-4-13(5-7-14)8-9-20-11(17)3-2-10(15)16/h2-9H2,1H3,(H,15,16). The van der Waals surface area contributed by atoms with Gasteiger partial charge in [-0.25, -0.2) is 4.79 Å². The van der Waals surface area contributed by atoms with E-state index >= 15 is 0 Å². The fraction of sp³-hybridized carbons (Fsp3) is 0.750. The molecule has 8 heteroatoms. The van der Waals surface area contributed by atoms with Crippen LogP contribution in [-0.2, 0) is 19.1 Å². The molecular formula is C12H20N2O6. The second-order valence-electron chi connectivity index (χ2n) is 4.41. The SMILES string of the molecule is COC(=O)N1CCN(CCOC(=O)CCC(=O)O)CC1. The van der Waals surface area contributed by atoms with E-state index in [9.17, 15) is 14.4 Å². The van der Waals surface area contributed by atoms with E-state index in [0.29, 0.717) is 32.7 Å². The van der Waals surface area contributed by atoms with Gasteiger partial charge in [-0.05, 0) is 0 Å². The molecule has 1 N–H and O–H groups in total. The molecule has 8 nitrogen and oxygen atoms in total. The number of rotatable bonds is 6. The number of methoxy groups -OCH3 is 1. The predicted molar refractivity (Wildman–Crippen MR) is 68.2 cm³/mol. The third kappa shape index (κ3) is 5.87. The number of amides is 1. The summed E-state index contributed by atoms with van der Waals surface area (Å²) in [5.74, 6) is -1.51. The molecule has 0 aromatic heterocycles. The molecule has 1 saturated heterocycles. The van der Waals surface area contributed by atoms with Crippen molar-refractivity contribution in [2.24, 2.45) is 0 Å². The number of nitrogens with zero attached hydrogens (tertiary/aromatic N) is 2. The normalized spacial score (nSPS) is 15.8. The second-order valence-corrected chi connectivity index (χ2v) is 4.41. The highest BCUT2D eigenvalue weighted by Gasteiger charge is 2.21. The summed E-state index contributed by atoms with van der Waals surface area (Å²) < 4.78 is 9.58. The molecule has 0 aliphatic carbocycles. The number of carboxylic acid groups (broad SMARTS) is 1. The van der Waals surface area contributed by atoms with E-state index in [2.05, 4.69) is 9.64 Å². The van der Waals surface area contributed by atoms with Crippen LogP contribution in [0.3, 0.4) is 0 Å². The molecule has 1 amide bonds. The van der Waals surface area contributed by atoms with Gasteiger partial charge < -0.3 is 19.5 Å². The number of carbonyl (C=O) groups excluding carboxylic acids is 2. The van der Waals surface area contributed by atoms with E-state index in [1.165, 1.54) is 7.11 Å². The number of esters is 1. The maximum atomic E-state index is 11.3. The zero-order chi connectivity index (χ0) is 15.0. The monoisotopic (exact) mass is 288 g/mol. The highest BCUT2D eigenvalue weighted by atomic mass is 16.5. The third-order valence-electron chi connectivity index (χ3n) is 3.02. The smallest absolute Gasteiger partial charge is 0.409 e. The average molecular weight is 288 g/mol. The van der Waals surface area contributed by atoms with Crippen LogP contribution in [0.1, 0.15) is 12.8 Å². The molecule has 0 aromatic carbocycles. The largest absolute Gasteiger partial charge is 0.481 e. The van der Waals surface area contributed by atoms with E-state index in [0.717, 1.165) is 0 Å². The molecule has 1 fully saturated rings. The van der Waals surface area contributed by atoms with Gasteiger partial charge in [0.15, 0.2) is 0 Å². The number of carboxylic acids is 1. The van der Waals surface area contributed by atoms with Gasteiger partial charge in [0.1, 0.15) is 6.61 Å². The molecule has 0 aromatic rings. The summed E-state index contributed by atoms with van der Waals surface area (Å²) >= 11 is 0. The highest BCUT2D eigenvalue weighted by molar-refractivity contribution is 5.76. The quantitative estimate of drug-likeness (QED) is 0.675. The summed E-state index contributed by atoms with van der Waals surface area (Å²) in [6, 6.07) is 0. The first-order valence-electron chi connectivity index (χ1n) is 6.45. The van der Waals surface area contributed by atoms with Gasteiger partial charge in [-0.15, -0.1) is 0 Å². The van der Waals surface area contributed by atoms with Gasteiger partial charge in [0.25, 0.3) is 0 Å². The van der Waals surface area contributed by atoms with Crippen LogP contribution in [0.5, 0.6) is 0 Å². The van der Waals surface area contributed by atoms with Crippen LogP contribution in [0.2, 0.25) is 0 Å². The van der Waals surface area contributed by atoms with E-state index in [-0.39, 0.29) is 25.5 Å². The molecule has 0 radical (unpaired) electrons. The van der Waals surface area contributed by atoms with Crippen molar-refractivity contribution in [2.75, 3.05) is 46.4 Å². The molecule has 1 aliphatic heterocycles. The molecule has 114 valence electrons. The van der Waals surface area contributed by atoms with E-state index in [1.54, 1.807) is 4.90 Å². The van der Waals surface area contributed by atoms with E-state index in [4.69, 9.17) is 9.84 Å². The summed E-state index contributed by atoms with van der Waals surface area (Å²) in [6.45, 7) is 3.37. The lowest BCUT2D eigenvalue weighted by molar-refractivity contribution is -0.148. The first-order chi connectivity index (χ1) is 9.52. The molecule has 1 heterocycles. The molecule has 20 heavy (non-hydrogen) atoms. The Balaban J connectivity index is 2.11. The van der Waals surface area contributed by atoms with Crippen molar-refractivity contribution in [1.82, 2.24) is 9.80 Å². The predicted octanol–water partition coefficient (Wildman–Crippen LogP) is -0.222. The number of hydrogen-bond acceptors (Lipinski definition) is 6. The average Bonchev–Trinajstić information content (AvgIpc) is 2.45. The van der Waals surface area contributed by atoms with Crippen molar-refractivity contribution in [1.29, 1.82) is 0 Å². The Labute approximate surface area is 117 Å². The summed E-state index contributed by atoms with van der Waals surface area (Å²) in [5, 5.41) is 8.42. The van der Waals surface area contributed by atoms with Crippen molar-refractivity contribution in [3.05, 3.63) is 0 Å². The first-order valence-corrected chi connectivity index (χ1v) is 6.45. The minimum absolute atomic E-state index is 0.106. The van der Waals surface area contributed by atoms with Gasteiger partial charge in [-0.1, -0.05) is 0 Å². The van der Waals surface area contributed by atoms with E-state index in [1.807, 2.05) is 0 Å². The van der Waals surface area contributed by atoms with Gasteiger partial charge in [-0.3, -0.25) is 14.5 Å². The number of carbonyl (C=O) groups is 3. The number of ether oxygens (including phenoxy) is 2. The minimum atomic E-state index is -1.01. The molecule has 0 atom stereocenters. The van der Waals surface area contributed by atoms with Gasteiger partial charge >= 0.3 is 18.0 Å². The molecule has 0 bridgehead atoms. The first kappa shape index (κ1) is 16.2. The molecule has 0 unspecified atom stereocenters. The van der Waals surface area contributed by atoms with Crippen molar-refractivity contribution in [3.63, 3.8) is 0 Å². The maximum absolute atomic E-state index is 11.3. The van der Waals surface area contributed by atoms with E-state index < -0.39 is 11.9 Å². The Morgan fingerprint density at radius 3 is 2.30 bits per heavy atom. The summed E-state index contributed by atoms with van der Waals surface area (Å²) in [6.07, 6.45) is -0.646. The summed E-state index contributed by atoms with van der Waals surface area (Å²) in [5.41, 5.74) is 0. The zero-order valence-corrected chi connectivity index (χ0v) is 11.5. The molecular weight excluding hydrogens is 268 g/mol. The fourth-order valence-corrected chi connectivity index (χ4v) is 1.85. The van der Waals surface area contributed by atoms with Gasteiger partial charge in [0.2, 0.25) is 0 Å². The van der Waals surface area contributed by atoms with Gasteiger partial charge in [0.05, 0.1) is 20.0 Å². The minimum Gasteiger partial charge on any atom is -0.481 e. The number of hydrogen-bond donors (Lipinski definition) is 1. The second kappa shape index (κ2) is 8.36. The highest BCUT2D eigenvalue weighted by Crippen LogP contribution is 2.03. The van der Waals surface area contributed by atoms with Crippen LogP contribution in [0, 0.1) is 0 Å². The molecule has 1 rings (SSSR count). The van der Waals surface area contributed by atoms with Crippen molar-refractivity contribution in [3.8, 4) is 0 Å². The zero-order valence-electron chi connectivity index (χ0n) is 11.5. The molecule has 1 aliphatic rings. The molecule has 0 saturated carbocycles. The van der Waals surface area contributed by atoms with Crippen molar-refractivity contribution in [2.45, 2.75) is 12.8 Å². The summed E-state index contributed by atoms with van der Waals surface area (Å²) in [7, 11) is 1.35. The Morgan fingerprint density at radius 1 is 1.10 bits per heavy atom. The Hall–Kier alpha value is -1.83. The Bertz CT molecular complexity index is 352. The molecule has 0 spiro atoms. The van der Waals surface area contributed by atoms with Crippen LogP contribution < -0.4 is 0 Å². The van der Waals surface area contributed by atoms with Gasteiger partial charge in [-0.2, -0.15) is 0 Å². The lowest BCUT2D eigenvalue weighted by Crippen LogP contribution is -2.49. The lowest BCUT2D eigenvalue weighted by Gasteiger charge is -2.33. The van der Waals surface area contributed by atoms with Crippen LogP contribution in [0.4, 0.5) is 4.79 Å².